The van der Waals surface area contributed by atoms with Crippen molar-refractivity contribution in [3.8, 4) is 5.75 Å². The summed E-state index contributed by atoms with van der Waals surface area (Å²) in [5.41, 5.74) is 0.709. The average molecular weight is 320 g/mol. The number of nitrogens with one attached hydrogen (secondary N) is 1. The maximum Gasteiger partial charge on any atom is 0.307 e. The molecule has 1 aliphatic heterocycles. The van der Waals surface area contributed by atoms with Crippen molar-refractivity contribution in [1.82, 2.24) is 4.90 Å². The molecule has 0 aliphatic carbocycles. The molecule has 0 spiro atoms. The zero-order valence-corrected chi connectivity index (χ0v) is 13.6. The number of methoxy groups -OCH3 is 1. The van der Waals surface area contributed by atoms with Gasteiger partial charge in [-0.2, -0.15) is 0 Å². The van der Waals surface area contributed by atoms with E-state index in [0.29, 0.717) is 25.1 Å². The number of benzene rings is 1. The van der Waals surface area contributed by atoms with Crippen LogP contribution < -0.4 is 10.1 Å². The molecule has 2 unspecified atom stereocenters. The second kappa shape index (κ2) is 7.97. The minimum atomic E-state index is -0.778. The van der Waals surface area contributed by atoms with Crippen LogP contribution in [-0.4, -0.2) is 48.1 Å². The Bertz CT molecular complexity index is 544. The molecular formula is C17H24N2O4. The van der Waals surface area contributed by atoms with Crippen LogP contribution in [0.3, 0.4) is 0 Å². The summed E-state index contributed by atoms with van der Waals surface area (Å²) in [6.07, 6.45) is 2.14. The number of piperidine rings is 1. The summed E-state index contributed by atoms with van der Waals surface area (Å²) in [4.78, 5) is 25.7. The Labute approximate surface area is 136 Å². The molecule has 1 saturated heterocycles. The van der Waals surface area contributed by atoms with Crippen molar-refractivity contribution >= 4 is 17.6 Å². The number of nitrogens with zero attached hydrogens (tertiary/aromatic N) is 1. The number of likely N-dealkylation sites (tertiary alicyclic amines) is 1. The van der Waals surface area contributed by atoms with Crippen molar-refractivity contribution in [1.29, 1.82) is 0 Å². The van der Waals surface area contributed by atoms with Crippen molar-refractivity contribution in [3.05, 3.63) is 24.3 Å². The summed E-state index contributed by atoms with van der Waals surface area (Å²) < 4.78 is 5.10. The van der Waals surface area contributed by atoms with Crippen molar-refractivity contribution < 1.29 is 19.4 Å². The van der Waals surface area contributed by atoms with Gasteiger partial charge in [-0.25, -0.2) is 0 Å². The fourth-order valence-corrected chi connectivity index (χ4v) is 3.00. The van der Waals surface area contributed by atoms with Crippen molar-refractivity contribution in [2.45, 2.75) is 32.2 Å². The number of carboxylic acids is 1. The monoisotopic (exact) mass is 320 g/mol. The molecule has 23 heavy (non-hydrogen) atoms. The lowest BCUT2D eigenvalue weighted by atomic mass is 9.96. The Hall–Kier alpha value is -2.08. The number of rotatable bonds is 6. The number of carbonyl (C=O) groups excluding carboxylic acids is 1. The molecule has 6 nitrogen and oxygen atoms in total. The average Bonchev–Trinajstić information content (AvgIpc) is 2.56. The maximum atomic E-state index is 12.5. The zero-order chi connectivity index (χ0) is 16.8. The summed E-state index contributed by atoms with van der Waals surface area (Å²) in [7, 11) is 1.59. The summed E-state index contributed by atoms with van der Waals surface area (Å²) in [5.74, 6) is -0.522. The highest BCUT2D eigenvalue weighted by Crippen LogP contribution is 2.21. The first-order valence-corrected chi connectivity index (χ1v) is 7.97. The molecule has 0 bridgehead atoms. The van der Waals surface area contributed by atoms with Crippen molar-refractivity contribution in [3.63, 3.8) is 0 Å². The van der Waals surface area contributed by atoms with Crippen LogP contribution in [0.5, 0.6) is 5.75 Å². The Morgan fingerprint density at radius 1 is 1.39 bits per heavy atom. The normalized spacial score (nSPS) is 19.8. The molecule has 2 rings (SSSR count). The standard InChI is InChI=1S/C17H24N2O4/c1-3-15(19-10-4-5-12(11-19)17(21)22)16(20)18-13-6-8-14(23-2)9-7-13/h6-9,12,15H,3-5,10-11H2,1-2H3,(H,18,20)(H,21,22). The molecule has 2 N–H and O–H groups in total. The van der Waals surface area contributed by atoms with Crippen LogP contribution >= 0.6 is 0 Å². The van der Waals surface area contributed by atoms with Crippen LogP contribution in [0.15, 0.2) is 24.3 Å². The van der Waals surface area contributed by atoms with Crippen LogP contribution in [0.25, 0.3) is 0 Å². The van der Waals surface area contributed by atoms with Gasteiger partial charge in [-0.15, -0.1) is 0 Å². The second-order valence-electron chi connectivity index (χ2n) is 5.81. The van der Waals surface area contributed by atoms with E-state index in [9.17, 15) is 14.7 Å². The smallest absolute Gasteiger partial charge is 0.307 e. The van der Waals surface area contributed by atoms with Gasteiger partial charge in [0.05, 0.1) is 19.1 Å². The van der Waals surface area contributed by atoms with Crippen LogP contribution in [0.4, 0.5) is 5.69 Å². The van der Waals surface area contributed by atoms with Crippen molar-refractivity contribution in [2.75, 3.05) is 25.5 Å². The number of aliphatic carboxylic acids is 1. The zero-order valence-electron chi connectivity index (χ0n) is 13.6. The minimum Gasteiger partial charge on any atom is -0.497 e. The SMILES string of the molecule is CCC(C(=O)Nc1ccc(OC)cc1)N1CCCC(C(=O)O)C1. The topological polar surface area (TPSA) is 78.9 Å². The van der Waals surface area contributed by atoms with Gasteiger partial charge in [0.2, 0.25) is 5.91 Å². The van der Waals surface area contributed by atoms with Gasteiger partial charge in [0, 0.05) is 12.2 Å². The molecule has 2 atom stereocenters. The minimum absolute atomic E-state index is 0.0938. The lowest BCUT2D eigenvalue weighted by Gasteiger charge is -2.35. The van der Waals surface area contributed by atoms with Crippen LogP contribution in [0.2, 0.25) is 0 Å². The van der Waals surface area contributed by atoms with Gasteiger partial charge in [0.1, 0.15) is 5.75 Å². The molecule has 6 heteroatoms. The van der Waals surface area contributed by atoms with E-state index < -0.39 is 5.97 Å². The molecule has 0 aromatic heterocycles. The van der Waals surface area contributed by atoms with E-state index in [1.54, 1.807) is 31.4 Å². The molecule has 1 amide bonds. The summed E-state index contributed by atoms with van der Waals surface area (Å²) in [5, 5.41) is 12.1. The molecule has 1 aliphatic rings. The maximum absolute atomic E-state index is 12.5. The molecule has 1 aromatic rings. The fraction of sp³-hybridized carbons (Fsp3) is 0.529. The quantitative estimate of drug-likeness (QED) is 0.840. The number of amides is 1. The van der Waals surface area contributed by atoms with Crippen molar-refractivity contribution in [2.24, 2.45) is 5.92 Å². The predicted molar refractivity (Wildman–Crippen MR) is 87.6 cm³/mol. The Morgan fingerprint density at radius 3 is 2.65 bits per heavy atom. The molecule has 1 fully saturated rings. The lowest BCUT2D eigenvalue weighted by molar-refractivity contribution is -0.144. The summed E-state index contributed by atoms with van der Waals surface area (Å²) in [6, 6.07) is 6.86. The third kappa shape index (κ3) is 4.45. The lowest BCUT2D eigenvalue weighted by Crippen LogP contribution is -2.49. The highest BCUT2D eigenvalue weighted by molar-refractivity contribution is 5.94. The first kappa shape index (κ1) is 17.3. The molecule has 1 heterocycles. The van der Waals surface area contributed by atoms with E-state index in [-0.39, 0.29) is 17.9 Å². The Morgan fingerprint density at radius 2 is 2.09 bits per heavy atom. The Kier molecular flexibility index (Phi) is 5.98. The highest BCUT2D eigenvalue weighted by Gasteiger charge is 2.32. The van der Waals surface area contributed by atoms with Crippen LogP contribution in [0, 0.1) is 5.92 Å². The molecule has 0 radical (unpaired) electrons. The van der Waals surface area contributed by atoms with Crippen LogP contribution in [0.1, 0.15) is 26.2 Å². The molecule has 0 saturated carbocycles. The number of hydrogen-bond donors (Lipinski definition) is 2. The molecular weight excluding hydrogens is 296 g/mol. The first-order chi connectivity index (χ1) is 11.0. The van der Waals surface area contributed by atoms with Gasteiger partial charge in [0.15, 0.2) is 0 Å². The largest absolute Gasteiger partial charge is 0.497 e. The first-order valence-electron chi connectivity index (χ1n) is 7.97. The van der Waals surface area contributed by atoms with Gasteiger partial charge >= 0.3 is 5.97 Å². The third-order valence-corrected chi connectivity index (χ3v) is 4.29. The van der Waals surface area contributed by atoms with E-state index in [2.05, 4.69) is 5.32 Å². The highest BCUT2D eigenvalue weighted by atomic mass is 16.5. The van der Waals surface area contributed by atoms with Crippen LogP contribution in [-0.2, 0) is 9.59 Å². The Balaban J connectivity index is 2.01. The molecule has 1 aromatic carbocycles. The second-order valence-corrected chi connectivity index (χ2v) is 5.81. The van der Waals surface area contributed by atoms with E-state index in [0.717, 1.165) is 18.7 Å². The van der Waals surface area contributed by atoms with Gasteiger partial charge in [0.25, 0.3) is 0 Å². The fourth-order valence-electron chi connectivity index (χ4n) is 3.00. The van der Waals surface area contributed by atoms with Gasteiger partial charge in [-0.05, 0) is 50.1 Å². The van der Waals surface area contributed by atoms with Gasteiger partial charge in [-0.1, -0.05) is 6.92 Å². The predicted octanol–water partition coefficient (Wildman–Crippen LogP) is 2.21. The number of carbonyl (C=O) groups is 2. The number of anilines is 1. The van der Waals surface area contributed by atoms with E-state index in [4.69, 9.17) is 4.74 Å². The van der Waals surface area contributed by atoms with E-state index in [1.165, 1.54) is 0 Å². The summed E-state index contributed by atoms with van der Waals surface area (Å²) >= 11 is 0. The number of hydrogen-bond acceptors (Lipinski definition) is 4. The number of ether oxygens (including phenoxy) is 1. The summed E-state index contributed by atoms with van der Waals surface area (Å²) in [6.45, 7) is 3.14. The number of carboxylic acid groups (broad SMARTS) is 1. The third-order valence-electron chi connectivity index (χ3n) is 4.29. The van der Waals surface area contributed by atoms with E-state index in [1.807, 2.05) is 11.8 Å². The van der Waals surface area contributed by atoms with E-state index >= 15 is 0 Å². The van der Waals surface area contributed by atoms with Gasteiger partial charge < -0.3 is 15.2 Å². The molecule has 126 valence electrons. The van der Waals surface area contributed by atoms with Gasteiger partial charge in [-0.3, -0.25) is 14.5 Å².